The number of hydrogen-bond donors (Lipinski definition) is 1. The molecule has 4 heteroatoms. The Balaban J connectivity index is 2.46. The Morgan fingerprint density at radius 2 is 2.00 bits per heavy atom. The molecule has 0 saturated heterocycles. The van der Waals surface area contributed by atoms with E-state index in [-0.39, 0.29) is 5.56 Å². The fourth-order valence-corrected chi connectivity index (χ4v) is 1.44. The number of aryl methyl sites for hydroxylation is 1. The van der Waals surface area contributed by atoms with E-state index < -0.39 is 5.97 Å². The molecule has 4 nitrogen and oxygen atoms in total. The van der Waals surface area contributed by atoms with E-state index in [1.807, 2.05) is 18.2 Å². The van der Waals surface area contributed by atoms with Crippen LogP contribution in [0.25, 0.3) is 11.4 Å². The second-order valence-corrected chi connectivity index (χ2v) is 3.35. The largest absolute Gasteiger partial charge is 0.478 e. The number of aromatic nitrogens is 2. The van der Waals surface area contributed by atoms with Crippen molar-refractivity contribution in [3.63, 3.8) is 0 Å². The molecule has 0 aliphatic heterocycles. The molecule has 0 aliphatic carbocycles. The number of carbonyl (C=O) groups is 1. The van der Waals surface area contributed by atoms with Gasteiger partial charge in [0.25, 0.3) is 0 Å². The minimum Gasteiger partial charge on any atom is -0.478 e. The van der Waals surface area contributed by atoms with Gasteiger partial charge in [0.15, 0.2) is 0 Å². The molecule has 0 amide bonds. The Kier molecular flexibility index (Phi) is 2.64. The zero-order chi connectivity index (χ0) is 11.5. The Labute approximate surface area is 92.6 Å². The summed E-state index contributed by atoms with van der Waals surface area (Å²) >= 11 is 0. The first-order chi connectivity index (χ1) is 7.68. The molecule has 1 N–H and O–H groups in total. The molecule has 2 rings (SSSR count). The van der Waals surface area contributed by atoms with E-state index >= 15 is 0 Å². The van der Waals surface area contributed by atoms with Crippen LogP contribution in [0.3, 0.4) is 0 Å². The van der Waals surface area contributed by atoms with Gasteiger partial charge in [0.1, 0.15) is 0 Å². The highest BCUT2D eigenvalue weighted by Gasteiger charge is 2.09. The number of carboxylic acids is 1. The van der Waals surface area contributed by atoms with Crippen molar-refractivity contribution in [3.8, 4) is 11.4 Å². The van der Waals surface area contributed by atoms with Gasteiger partial charge < -0.3 is 5.11 Å². The summed E-state index contributed by atoms with van der Waals surface area (Å²) in [6, 6.07) is 8.74. The summed E-state index contributed by atoms with van der Waals surface area (Å²) in [7, 11) is 0. The molecule has 0 aromatic carbocycles. The lowest BCUT2D eigenvalue weighted by Crippen LogP contribution is -2.02. The summed E-state index contributed by atoms with van der Waals surface area (Å²) in [6.07, 6.45) is 1.68. The van der Waals surface area contributed by atoms with E-state index in [9.17, 15) is 4.79 Å². The molecule has 0 atom stereocenters. The van der Waals surface area contributed by atoms with Gasteiger partial charge in [-0.1, -0.05) is 6.07 Å². The van der Waals surface area contributed by atoms with E-state index in [2.05, 4.69) is 9.97 Å². The van der Waals surface area contributed by atoms with Crippen molar-refractivity contribution in [1.29, 1.82) is 0 Å². The van der Waals surface area contributed by atoms with Gasteiger partial charge in [-0.05, 0) is 31.2 Å². The Morgan fingerprint density at radius 1 is 1.19 bits per heavy atom. The molecule has 16 heavy (non-hydrogen) atoms. The number of aromatic carboxylic acids is 1. The lowest BCUT2D eigenvalue weighted by atomic mass is 10.1. The molecule has 0 bridgehead atoms. The monoisotopic (exact) mass is 214 g/mol. The molecule has 2 aromatic rings. The van der Waals surface area contributed by atoms with Gasteiger partial charge in [-0.15, -0.1) is 0 Å². The zero-order valence-corrected chi connectivity index (χ0v) is 8.71. The van der Waals surface area contributed by atoms with Crippen molar-refractivity contribution in [1.82, 2.24) is 9.97 Å². The molecule has 80 valence electrons. The maximum atomic E-state index is 10.8. The van der Waals surface area contributed by atoms with E-state index in [4.69, 9.17) is 5.11 Å². The number of nitrogens with zero attached hydrogens (tertiary/aromatic N) is 2. The van der Waals surface area contributed by atoms with Gasteiger partial charge in [-0.3, -0.25) is 9.97 Å². The minimum absolute atomic E-state index is 0.222. The van der Waals surface area contributed by atoms with Crippen molar-refractivity contribution < 1.29 is 9.90 Å². The first kappa shape index (κ1) is 10.3. The molecule has 0 aliphatic rings. The first-order valence-corrected chi connectivity index (χ1v) is 4.81. The van der Waals surface area contributed by atoms with Crippen LogP contribution in [0.1, 0.15) is 16.1 Å². The standard InChI is InChI=1S/C12H10N2O2/c1-8-9(12(15)16)5-6-11(14-8)10-4-2-3-7-13-10/h2-7H,1H3,(H,15,16). The second kappa shape index (κ2) is 4.10. The molecule has 0 fully saturated rings. The highest BCUT2D eigenvalue weighted by molar-refractivity contribution is 5.89. The van der Waals surface area contributed by atoms with Crippen LogP contribution in [0, 0.1) is 6.92 Å². The molecular formula is C12H10N2O2. The Morgan fingerprint density at radius 3 is 2.56 bits per heavy atom. The summed E-state index contributed by atoms with van der Waals surface area (Å²) in [6.45, 7) is 1.68. The van der Waals surface area contributed by atoms with Crippen molar-refractivity contribution in [3.05, 3.63) is 47.8 Å². The van der Waals surface area contributed by atoms with Crippen molar-refractivity contribution in [2.45, 2.75) is 6.92 Å². The summed E-state index contributed by atoms with van der Waals surface area (Å²) in [4.78, 5) is 19.2. The van der Waals surface area contributed by atoms with Gasteiger partial charge in [-0.2, -0.15) is 0 Å². The van der Waals surface area contributed by atoms with Crippen LogP contribution < -0.4 is 0 Å². The van der Waals surface area contributed by atoms with Crippen molar-refractivity contribution in [2.75, 3.05) is 0 Å². The number of rotatable bonds is 2. The number of pyridine rings is 2. The normalized spacial score (nSPS) is 10.1. The van der Waals surface area contributed by atoms with E-state index in [0.717, 1.165) is 5.69 Å². The summed E-state index contributed by atoms with van der Waals surface area (Å²) < 4.78 is 0. The average molecular weight is 214 g/mol. The molecule has 2 heterocycles. The summed E-state index contributed by atoms with van der Waals surface area (Å²) in [5.74, 6) is -0.961. The Hall–Kier alpha value is -2.23. The maximum Gasteiger partial charge on any atom is 0.337 e. The highest BCUT2D eigenvalue weighted by atomic mass is 16.4. The van der Waals surface area contributed by atoms with Gasteiger partial charge in [0.05, 0.1) is 22.6 Å². The molecule has 0 spiro atoms. The molecular weight excluding hydrogens is 204 g/mol. The predicted molar refractivity (Wildman–Crippen MR) is 59.2 cm³/mol. The minimum atomic E-state index is -0.961. The van der Waals surface area contributed by atoms with Gasteiger partial charge in [0.2, 0.25) is 0 Å². The van der Waals surface area contributed by atoms with E-state index in [1.54, 1.807) is 25.3 Å². The van der Waals surface area contributed by atoms with Crippen molar-refractivity contribution in [2.24, 2.45) is 0 Å². The Bertz CT molecular complexity index is 524. The molecule has 0 radical (unpaired) electrons. The zero-order valence-electron chi connectivity index (χ0n) is 8.71. The molecule has 0 unspecified atom stereocenters. The molecule has 0 saturated carbocycles. The maximum absolute atomic E-state index is 10.8. The molecule has 2 aromatic heterocycles. The topological polar surface area (TPSA) is 63.1 Å². The lowest BCUT2D eigenvalue weighted by Gasteiger charge is -2.03. The van der Waals surface area contributed by atoms with E-state index in [1.165, 1.54) is 0 Å². The smallest absolute Gasteiger partial charge is 0.337 e. The van der Waals surface area contributed by atoms with Crippen LogP contribution in [0.4, 0.5) is 0 Å². The predicted octanol–water partition coefficient (Wildman–Crippen LogP) is 2.15. The third-order valence-electron chi connectivity index (χ3n) is 2.24. The van der Waals surface area contributed by atoms with Crippen LogP contribution in [0.5, 0.6) is 0 Å². The van der Waals surface area contributed by atoms with Gasteiger partial charge in [-0.25, -0.2) is 4.79 Å². The summed E-state index contributed by atoms with van der Waals surface area (Å²) in [5.41, 5.74) is 2.14. The highest BCUT2D eigenvalue weighted by Crippen LogP contribution is 2.16. The van der Waals surface area contributed by atoms with E-state index in [0.29, 0.717) is 11.4 Å². The van der Waals surface area contributed by atoms with Gasteiger partial charge >= 0.3 is 5.97 Å². The first-order valence-electron chi connectivity index (χ1n) is 4.81. The van der Waals surface area contributed by atoms with Crippen LogP contribution in [0.2, 0.25) is 0 Å². The third kappa shape index (κ3) is 1.91. The lowest BCUT2D eigenvalue weighted by molar-refractivity contribution is 0.0695. The number of hydrogen-bond acceptors (Lipinski definition) is 3. The fraction of sp³-hybridized carbons (Fsp3) is 0.0833. The van der Waals surface area contributed by atoms with Crippen molar-refractivity contribution >= 4 is 5.97 Å². The quantitative estimate of drug-likeness (QED) is 0.831. The average Bonchev–Trinajstić information content (AvgIpc) is 2.29. The fourth-order valence-electron chi connectivity index (χ4n) is 1.44. The summed E-state index contributed by atoms with van der Waals surface area (Å²) in [5, 5.41) is 8.87. The van der Waals surface area contributed by atoms with Crippen LogP contribution in [-0.4, -0.2) is 21.0 Å². The number of carboxylic acid groups (broad SMARTS) is 1. The van der Waals surface area contributed by atoms with Crippen LogP contribution in [-0.2, 0) is 0 Å². The van der Waals surface area contributed by atoms with Crippen LogP contribution in [0.15, 0.2) is 36.5 Å². The van der Waals surface area contributed by atoms with Gasteiger partial charge in [0, 0.05) is 6.20 Å². The third-order valence-corrected chi connectivity index (χ3v) is 2.24. The van der Waals surface area contributed by atoms with Crippen LogP contribution >= 0.6 is 0 Å². The second-order valence-electron chi connectivity index (χ2n) is 3.35. The SMILES string of the molecule is Cc1nc(-c2ccccn2)ccc1C(=O)O.